The van der Waals surface area contributed by atoms with Crippen molar-refractivity contribution in [2.75, 3.05) is 12.4 Å². The number of benzene rings is 2. The lowest BCUT2D eigenvalue weighted by atomic mass is 10.00. The molecule has 0 atom stereocenters. The normalized spacial score (nSPS) is 10.4. The van der Waals surface area contributed by atoms with E-state index >= 15 is 0 Å². The van der Waals surface area contributed by atoms with Gasteiger partial charge in [0, 0.05) is 5.56 Å². The number of carbonyl (C=O) groups excluding carboxylic acids is 2. The molecule has 4 nitrogen and oxygen atoms in total. The third-order valence-corrected chi connectivity index (χ3v) is 3.42. The summed E-state index contributed by atoms with van der Waals surface area (Å²) < 4.78 is 4.83. The monoisotopic (exact) mass is 311 g/mol. The zero-order valence-corrected chi connectivity index (χ0v) is 13.6. The second-order valence-electron chi connectivity index (χ2n) is 5.79. The van der Waals surface area contributed by atoms with Crippen LogP contribution in [0.1, 0.15) is 40.1 Å². The van der Waals surface area contributed by atoms with Crippen LogP contribution in [0.5, 0.6) is 0 Å². The first-order chi connectivity index (χ1) is 11.0. The van der Waals surface area contributed by atoms with Crippen LogP contribution in [0.25, 0.3) is 0 Å². The molecule has 23 heavy (non-hydrogen) atoms. The Morgan fingerprint density at radius 2 is 1.78 bits per heavy atom. The van der Waals surface area contributed by atoms with Crippen molar-refractivity contribution in [1.82, 2.24) is 0 Å². The molecule has 0 spiro atoms. The summed E-state index contributed by atoms with van der Waals surface area (Å²) in [6, 6.07) is 14.3. The molecule has 0 saturated heterocycles. The Kier molecular flexibility index (Phi) is 5.52. The highest BCUT2D eigenvalue weighted by molar-refractivity contribution is 6.08. The van der Waals surface area contributed by atoms with Gasteiger partial charge in [0.25, 0.3) is 5.91 Å². The van der Waals surface area contributed by atoms with Crippen molar-refractivity contribution in [3.8, 4) is 0 Å². The van der Waals surface area contributed by atoms with Gasteiger partial charge in [-0.05, 0) is 42.2 Å². The van der Waals surface area contributed by atoms with Crippen LogP contribution in [0.15, 0.2) is 48.5 Å². The van der Waals surface area contributed by atoms with Crippen LogP contribution in [-0.2, 0) is 11.2 Å². The Morgan fingerprint density at radius 3 is 2.39 bits per heavy atom. The first kappa shape index (κ1) is 16.7. The molecule has 0 aliphatic rings. The number of hydrogen-bond donors (Lipinski definition) is 1. The number of carbonyl (C=O) groups is 2. The largest absolute Gasteiger partial charge is 0.465 e. The molecule has 2 rings (SSSR count). The number of hydrogen-bond acceptors (Lipinski definition) is 3. The summed E-state index contributed by atoms with van der Waals surface area (Å²) in [5.41, 5.74) is 2.40. The van der Waals surface area contributed by atoms with E-state index in [1.807, 2.05) is 12.1 Å². The van der Waals surface area contributed by atoms with Crippen molar-refractivity contribution < 1.29 is 14.3 Å². The van der Waals surface area contributed by atoms with Gasteiger partial charge in [-0.15, -0.1) is 0 Å². The summed E-state index contributed by atoms with van der Waals surface area (Å²) in [4.78, 5) is 24.3. The summed E-state index contributed by atoms with van der Waals surface area (Å²) in [7, 11) is 1.33. The first-order valence-electron chi connectivity index (χ1n) is 7.59. The van der Waals surface area contributed by atoms with Crippen molar-refractivity contribution in [1.29, 1.82) is 0 Å². The molecule has 2 aromatic carbocycles. The molecular formula is C19H21NO3. The summed E-state index contributed by atoms with van der Waals surface area (Å²) in [5.74, 6) is -0.239. The maximum Gasteiger partial charge on any atom is 0.339 e. The molecule has 1 amide bonds. The van der Waals surface area contributed by atoms with Gasteiger partial charge in [-0.25, -0.2) is 4.79 Å². The molecule has 0 unspecified atom stereocenters. The van der Waals surface area contributed by atoms with Crippen LogP contribution in [0.3, 0.4) is 0 Å². The van der Waals surface area contributed by atoms with Gasteiger partial charge in [-0.1, -0.05) is 38.1 Å². The fourth-order valence-corrected chi connectivity index (χ4v) is 2.36. The Hall–Kier alpha value is -2.62. The lowest BCUT2D eigenvalue weighted by Gasteiger charge is -2.13. The predicted octanol–water partition coefficient (Wildman–Crippen LogP) is 3.92. The highest BCUT2D eigenvalue weighted by atomic mass is 16.5. The quantitative estimate of drug-likeness (QED) is 0.851. The Labute approximate surface area is 136 Å². The average molecular weight is 311 g/mol. The molecule has 120 valence electrons. The predicted molar refractivity (Wildman–Crippen MR) is 90.7 cm³/mol. The first-order valence-corrected chi connectivity index (χ1v) is 7.59. The minimum atomic E-state index is -0.459. The van der Waals surface area contributed by atoms with Crippen LogP contribution < -0.4 is 5.32 Å². The van der Waals surface area contributed by atoms with E-state index < -0.39 is 5.97 Å². The van der Waals surface area contributed by atoms with Crippen LogP contribution in [0.4, 0.5) is 5.69 Å². The number of methoxy groups -OCH3 is 1. The van der Waals surface area contributed by atoms with E-state index in [4.69, 9.17) is 4.74 Å². The fraction of sp³-hybridized carbons (Fsp3) is 0.263. The second-order valence-corrected chi connectivity index (χ2v) is 5.79. The topological polar surface area (TPSA) is 55.4 Å². The third kappa shape index (κ3) is 4.42. The SMILES string of the molecule is COC(=O)c1cc(CC(C)C)ccc1NC(=O)c1ccccc1. The fourth-order valence-electron chi connectivity index (χ4n) is 2.36. The average Bonchev–Trinajstić information content (AvgIpc) is 2.55. The number of amides is 1. The maximum atomic E-state index is 12.3. The van der Waals surface area contributed by atoms with Crippen LogP contribution in [0.2, 0.25) is 0 Å². The second kappa shape index (κ2) is 7.58. The highest BCUT2D eigenvalue weighted by Gasteiger charge is 2.16. The molecule has 0 fully saturated rings. The minimum Gasteiger partial charge on any atom is -0.465 e. The Morgan fingerprint density at radius 1 is 1.09 bits per heavy atom. The van der Waals surface area contributed by atoms with Crippen molar-refractivity contribution in [2.45, 2.75) is 20.3 Å². The van der Waals surface area contributed by atoms with Gasteiger partial charge in [0.15, 0.2) is 0 Å². The zero-order valence-electron chi connectivity index (χ0n) is 13.6. The van der Waals surface area contributed by atoms with Gasteiger partial charge >= 0.3 is 5.97 Å². The van der Waals surface area contributed by atoms with E-state index in [2.05, 4.69) is 19.2 Å². The number of esters is 1. The zero-order chi connectivity index (χ0) is 16.8. The maximum absolute atomic E-state index is 12.3. The van der Waals surface area contributed by atoms with Crippen LogP contribution in [0, 0.1) is 5.92 Å². The molecule has 0 heterocycles. The summed E-state index contributed by atoms with van der Waals surface area (Å²) in [6.45, 7) is 4.23. The Balaban J connectivity index is 2.30. The van der Waals surface area contributed by atoms with Crippen LogP contribution >= 0.6 is 0 Å². The molecule has 0 aliphatic carbocycles. The Bertz CT molecular complexity index is 693. The number of anilines is 1. The molecule has 0 saturated carbocycles. The number of rotatable bonds is 5. The van der Waals surface area contributed by atoms with E-state index in [0.717, 1.165) is 12.0 Å². The minimum absolute atomic E-state index is 0.257. The lowest BCUT2D eigenvalue weighted by Crippen LogP contribution is -2.15. The van der Waals surface area contributed by atoms with Gasteiger partial charge in [0.2, 0.25) is 0 Å². The molecule has 0 radical (unpaired) electrons. The molecule has 0 aromatic heterocycles. The van der Waals surface area contributed by atoms with E-state index in [9.17, 15) is 9.59 Å². The van der Waals surface area contributed by atoms with Crippen molar-refractivity contribution in [3.05, 3.63) is 65.2 Å². The van der Waals surface area contributed by atoms with Crippen molar-refractivity contribution >= 4 is 17.6 Å². The van der Waals surface area contributed by atoms with Gasteiger partial charge < -0.3 is 10.1 Å². The number of ether oxygens (including phenoxy) is 1. The lowest BCUT2D eigenvalue weighted by molar-refractivity contribution is 0.0602. The van der Waals surface area contributed by atoms with E-state index in [1.54, 1.807) is 36.4 Å². The third-order valence-electron chi connectivity index (χ3n) is 3.42. The summed E-state index contributed by atoms with van der Waals surface area (Å²) in [6.07, 6.45) is 0.858. The summed E-state index contributed by atoms with van der Waals surface area (Å²) in [5, 5.41) is 2.78. The smallest absolute Gasteiger partial charge is 0.339 e. The van der Waals surface area contributed by atoms with Crippen molar-refractivity contribution in [2.24, 2.45) is 5.92 Å². The van der Waals surface area contributed by atoms with E-state index in [1.165, 1.54) is 7.11 Å². The summed E-state index contributed by atoms with van der Waals surface area (Å²) >= 11 is 0. The molecule has 2 aromatic rings. The van der Waals surface area contributed by atoms with E-state index in [-0.39, 0.29) is 5.91 Å². The van der Waals surface area contributed by atoms with E-state index in [0.29, 0.717) is 22.7 Å². The molecular weight excluding hydrogens is 290 g/mol. The van der Waals surface area contributed by atoms with Crippen LogP contribution in [-0.4, -0.2) is 19.0 Å². The van der Waals surface area contributed by atoms with Gasteiger partial charge in [-0.3, -0.25) is 4.79 Å². The van der Waals surface area contributed by atoms with Gasteiger partial charge in [-0.2, -0.15) is 0 Å². The molecule has 0 aliphatic heterocycles. The standard InChI is InChI=1S/C19H21NO3/c1-13(2)11-14-9-10-17(16(12-14)19(22)23-3)20-18(21)15-7-5-4-6-8-15/h4-10,12-13H,11H2,1-3H3,(H,20,21). The molecule has 1 N–H and O–H groups in total. The van der Waals surface area contributed by atoms with Crippen molar-refractivity contribution in [3.63, 3.8) is 0 Å². The van der Waals surface area contributed by atoms with Gasteiger partial charge in [0.1, 0.15) is 0 Å². The number of nitrogens with one attached hydrogen (secondary N) is 1. The van der Waals surface area contributed by atoms with Gasteiger partial charge in [0.05, 0.1) is 18.4 Å². The molecule has 0 bridgehead atoms. The molecule has 4 heteroatoms. The highest BCUT2D eigenvalue weighted by Crippen LogP contribution is 2.21.